The van der Waals surface area contributed by atoms with Gasteiger partial charge in [-0.3, -0.25) is 4.72 Å². The summed E-state index contributed by atoms with van der Waals surface area (Å²) < 4.78 is 28.9. The fourth-order valence-corrected chi connectivity index (χ4v) is 5.03. The molecule has 1 N–H and O–H groups in total. The third kappa shape index (κ3) is 2.94. The molecule has 0 radical (unpaired) electrons. The van der Waals surface area contributed by atoms with Crippen molar-refractivity contribution in [2.45, 2.75) is 4.21 Å². The van der Waals surface area contributed by atoms with E-state index in [4.69, 9.17) is 11.6 Å². The highest BCUT2D eigenvalue weighted by Gasteiger charge is 2.18. The molecule has 0 aliphatic heterocycles. The molecule has 1 heterocycles. The minimum absolute atomic E-state index is 0.194. The maximum atomic E-state index is 12.4. The van der Waals surface area contributed by atoms with E-state index in [0.29, 0.717) is 10.0 Å². The summed E-state index contributed by atoms with van der Waals surface area (Å²) in [4.78, 5) is 0. The normalized spacial score (nSPS) is 11.7. The molecule has 3 nitrogen and oxygen atoms in total. The van der Waals surface area contributed by atoms with Crippen LogP contribution in [0.5, 0.6) is 0 Å². The molecule has 0 spiro atoms. The molecule has 7 heteroatoms. The molecule has 0 bridgehead atoms. The number of fused-ring (bicyclic) bond motifs is 1. The zero-order valence-corrected chi connectivity index (χ0v) is 14.5. The van der Waals surface area contributed by atoms with Gasteiger partial charge in [0.1, 0.15) is 4.21 Å². The molecule has 0 amide bonds. The standard InChI is InChI=1S/C14H9BrClNO2S2/c15-11-5-6-12(10-4-2-1-3-9(10)11)17-21(18,19)14-8-7-13(16)20-14/h1-8,17H. The molecule has 1 aromatic heterocycles. The Bertz CT molecular complexity index is 922. The van der Waals surface area contributed by atoms with Crippen molar-refractivity contribution in [3.8, 4) is 0 Å². The summed E-state index contributed by atoms with van der Waals surface area (Å²) in [6.07, 6.45) is 0. The minimum atomic E-state index is -3.63. The second-order valence-electron chi connectivity index (χ2n) is 4.30. The Labute approximate surface area is 139 Å². The third-order valence-corrected chi connectivity index (χ3v) is 6.71. The second-order valence-corrected chi connectivity index (χ2v) is 8.78. The van der Waals surface area contributed by atoms with Crippen LogP contribution >= 0.6 is 38.9 Å². The van der Waals surface area contributed by atoms with E-state index in [1.165, 1.54) is 6.07 Å². The summed E-state index contributed by atoms with van der Waals surface area (Å²) >= 11 is 10.3. The summed E-state index contributed by atoms with van der Waals surface area (Å²) in [5, 5.41) is 1.78. The summed E-state index contributed by atoms with van der Waals surface area (Å²) in [7, 11) is -3.63. The molecule has 0 unspecified atom stereocenters. The molecule has 0 aliphatic rings. The molecule has 2 aromatic carbocycles. The Morgan fingerprint density at radius 2 is 1.71 bits per heavy atom. The van der Waals surface area contributed by atoms with E-state index in [9.17, 15) is 8.42 Å². The van der Waals surface area contributed by atoms with Crippen molar-refractivity contribution in [1.29, 1.82) is 0 Å². The number of rotatable bonds is 3. The molecular formula is C14H9BrClNO2S2. The average molecular weight is 403 g/mol. The van der Waals surface area contributed by atoms with E-state index < -0.39 is 10.0 Å². The van der Waals surface area contributed by atoms with Gasteiger partial charge >= 0.3 is 0 Å². The zero-order chi connectivity index (χ0) is 15.0. The first-order chi connectivity index (χ1) is 9.97. The lowest BCUT2D eigenvalue weighted by Gasteiger charge is -2.10. The minimum Gasteiger partial charge on any atom is -0.278 e. The van der Waals surface area contributed by atoms with E-state index in [2.05, 4.69) is 20.7 Å². The number of sulfonamides is 1. The van der Waals surface area contributed by atoms with Gasteiger partial charge in [0.2, 0.25) is 0 Å². The van der Waals surface area contributed by atoms with Crippen molar-refractivity contribution in [1.82, 2.24) is 0 Å². The average Bonchev–Trinajstić information content (AvgIpc) is 2.90. The van der Waals surface area contributed by atoms with Crippen LogP contribution in [0, 0.1) is 0 Å². The fourth-order valence-electron chi connectivity index (χ4n) is 1.99. The van der Waals surface area contributed by atoms with Crippen molar-refractivity contribution in [2.75, 3.05) is 4.72 Å². The van der Waals surface area contributed by atoms with Crippen molar-refractivity contribution >= 4 is 65.4 Å². The lowest BCUT2D eigenvalue weighted by Crippen LogP contribution is -2.11. The van der Waals surface area contributed by atoms with Gasteiger partial charge in [-0.2, -0.15) is 0 Å². The largest absolute Gasteiger partial charge is 0.278 e. The Morgan fingerprint density at radius 3 is 2.38 bits per heavy atom. The highest BCUT2D eigenvalue weighted by Crippen LogP contribution is 2.32. The van der Waals surface area contributed by atoms with Crippen LogP contribution in [0.2, 0.25) is 4.34 Å². The fraction of sp³-hybridized carbons (Fsp3) is 0. The molecule has 108 valence electrons. The van der Waals surface area contributed by atoms with Gasteiger partial charge in [0.15, 0.2) is 0 Å². The van der Waals surface area contributed by atoms with Crippen molar-refractivity contribution in [2.24, 2.45) is 0 Å². The molecule has 3 aromatic rings. The first-order valence-corrected chi connectivity index (χ1v) is 9.40. The maximum Gasteiger partial charge on any atom is 0.271 e. The first-order valence-electron chi connectivity index (χ1n) is 5.93. The van der Waals surface area contributed by atoms with E-state index in [-0.39, 0.29) is 4.21 Å². The second kappa shape index (κ2) is 5.61. The zero-order valence-electron chi connectivity index (χ0n) is 10.5. The molecular weight excluding hydrogens is 394 g/mol. The molecule has 21 heavy (non-hydrogen) atoms. The van der Waals surface area contributed by atoms with Gasteiger partial charge in [0.25, 0.3) is 10.0 Å². The van der Waals surface area contributed by atoms with Gasteiger partial charge in [-0.15, -0.1) is 11.3 Å². The van der Waals surface area contributed by atoms with Crippen molar-refractivity contribution in [3.63, 3.8) is 0 Å². The molecule has 3 rings (SSSR count). The predicted molar refractivity (Wildman–Crippen MR) is 91.8 cm³/mol. The van der Waals surface area contributed by atoms with Crippen molar-refractivity contribution in [3.05, 3.63) is 57.3 Å². The van der Waals surface area contributed by atoms with Crippen LogP contribution in [0.15, 0.2) is 57.2 Å². The van der Waals surface area contributed by atoms with E-state index in [1.54, 1.807) is 12.1 Å². The molecule has 0 aliphatic carbocycles. The lowest BCUT2D eigenvalue weighted by molar-refractivity contribution is 0.603. The topological polar surface area (TPSA) is 46.2 Å². The summed E-state index contributed by atoms with van der Waals surface area (Å²) in [5.74, 6) is 0. The summed E-state index contributed by atoms with van der Waals surface area (Å²) in [6.45, 7) is 0. The Hall–Kier alpha value is -1.08. The van der Waals surface area contributed by atoms with E-state index in [0.717, 1.165) is 26.6 Å². The highest BCUT2D eigenvalue weighted by atomic mass is 79.9. The van der Waals surface area contributed by atoms with Gasteiger partial charge in [0, 0.05) is 9.86 Å². The number of anilines is 1. The Balaban J connectivity index is 2.08. The summed E-state index contributed by atoms with van der Waals surface area (Å²) in [5.41, 5.74) is 0.540. The monoisotopic (exact) mass is 401 g/mol. The number of halogens is 2. The van der Waals surface area contributed by atoms with Gasteiger partial charge in [-0.05, 0) is 29.7 Å². The number of hydrogen-bond donors (Lipinski definition) is 1. The van der Waals surface area contributed by atoms with Gasteiger partial charge in [-0.25, -0.2) is 8.42 Å². The number of nitrogens with one attached hydrogen (secondary N) is 1. The van der Waals surface area contributed by atoms with Crippen LogP contribution in [-0.2, 0) is 10.0 Å². The first kappa shape index (κ1) is 14.8. The molecule has 0 saturated heterocycles. The van der Waals surface area contributed by atoms with Gasteiger partial charge in [0.05, 0.1) is 10.0 Å². The van der Waals surface area contributed by atoms with Crippen LogP contribution in [0.1, 0.15) is 0 Å². The quantitative estimate of drug-likeness (QED) is 0.661. The Kier molecular flexibility index (Phi) is 3.96. The predicted octanol–water partition coefficient (Wildman–Crippen LogP) is 5.12. The SMILES string of the molecule is O=S(=O)(Nc1ccc(Br)c2ccccc12)c1ccc(Cl)s1. The van der Waals surface area contributed by atoms with Crippen LogP contribution in [-0.4, -0.2) is 8.42 Å². The van der Waals surface area contributed by atoms with Crippen LogP contribution < -0.4 is 4.72 Å². The third-order valence-electron chi connectivity index (χ3n) is 2.93. The van der Waals surface area contributed by atoms with Gasteiger partial charge < -0.3 is 0 Å². The van der Waals surface area contributed by atoms with Crippen LogP contribution in [0.4, 0.5) is 5.69 Å². The molecule has 0 saturated carbocycles. The molecule has 0 atom stereocenters. The van der Waals surface area contributed by atoms with E-state index in [1.807, 2.05) is 30.3 Å². The number of thiophene rings is 1. The highest BCUT2D eigenvalue weighted by molar-refractivity contribution is 9.10. The maximum absolute atomic E-state index is 12.4. The van der Waals surface area contributed by atoms with Crippen LogP contribution in [0.25, 0.3) is 10.8 Å². The lowest BCUT2D eigenvalue weighted by atomic mass is 10.1. The van der Waals surface area contributed by atoms with Crippen molar-refractivity contribution < 1.29 is 8.42 Å². The van der Waals surface area contributed by atoms with E-state index >= 15 is 0 Å². The smallest absolute Gasteiger partial charge is 0.271 e. The van der Waals surface area contributed by atoms with Gasteiger partial charge in [-0.1, -0.05) is 51.8 Å². The summed E-state index contributed by atoms with van der Waals surface area (Å²) in [6, 6.07) is 14.2. The number of benzene rings is 2. The van der Waals surface area contributed by atoms with Crippen LogP contribution in [0.3, 0.4) is 0 Å². The molecule has 0 fully saturated rings. The number of hydrogen-bond acceptors (Lipinski definition) is 3. The Morgan fingerprint density at radius 1 is 1.00 bits per heavy atom.